The summed E-state index contributed by atoms with van der Waals surface area (Å²) in [6.45, 7) is 0. The minimum atomic E-state index is -5.14. The first-order valence-electron chi connectivity index (χ1n) is 4.37. The topological polar surface area (TPSA) is 39.2 Å². The van der Waals surface area contributed by atoms with E-state index in [1.54, 1.807) is 0 Å². The molecule has 1 aromatic rings. The summed E-state index contributed by atoms with van der Waals surface area (Å²) in [5.74, 6) is -1.66. The summed E-state index contributed by atoms with van der Waals surface area (Å²) in [5.41, 5.74) is -1.77. The molecule has 0 saturated heterocycles. The number of halogens is 6. The zero-order valence-corrected chi connectivity index (χ0v) is 9.23. The van der Waals surface area contributed by atoms with Crippen molar-refractivity contribution in [2.24, 2.45) is 0 Å². The number of aromatic nitrogens is 1. The van der Waals surface area contributed by atoms with Crippen LogP contribution in [-0.2, 0) is 5.88 Å². The fourth-order valence-electron chi connectivity index (χ4n) is 1.14. The zero-order valence-electron chi connectivity index (χ0n) is 8.47. The largest absolute Gasteiger partial charge is 0.574 e. The molecule has 0 atom stereocenters. The van der Waals surface area contributed by atoms with Crippen molar-refractivity contribution in [2.75, 3.05) is 0 Å². The van der Waals surface area contributed by atoms with E-state index in [0.717, 1.165) is 6.07 Å². The van der Waals surface area contributed by atoms with Crippen LogP contribution >= 0.6 is 11.6 Å². The number of ether oxygens (including phenoxy) is 1. The molecule has 1 heterocycles. The lowest BCUT2D eigenvalue weighted by atomic mass is 10.1. The maximum Gasteiger partial charge on any atom is 0.574 e. The van der Waals surface area contributed by atoms with Crippen LogP contribution in [-0.4, -0.2) is 17.6 Å². The molecule has 0 saturated carbocycles. The van der Waals surface area contributed by atoms with Gasteiger partial charge in [-0.25, -0.2) is 13.8 Å². The van der Waals surface area contributed by atoms with Crippen LogP contribution in [0, 0.1) is 0 Å². The predicted molar refractivity (Wildman–Crippen MR) is 50.8 cm³/mol. The minimum absolute atomic E-state index is 0.0149. The Hall–Kier alpha value is -1.44. The van der Waals surface area contributed by atoms with Gasteiger partial charge in [-0.05, 0) is 11.6 Å². The molecule has 1 rings (SSSR count). The third-order valence-corrected chi connectivity index (χ3v) is 2.11. The fourth-order valence-corrected chi connectivity index (χ4v) is 1.36. The van der Waals surface area contributed by atoms with Crippen LogP contribution in [0.2, 0.25) is 0 Å². The summed E-state index contributed by atoms with van der Waals surface area (Å²) in [7, 11) is 0. The van der Waals surface area contributed by atoms with Gasteiger partial charge in [0, 0.05) is 5.88 Å². The highest BCUT2D eigenvalue weighted by atomic mass is 35.5. The van der Waals surface area contributed by atoms with Crippen molar-refractivity contribution in [3.63, 3.8) is 0 Å². The lowest BCUT2D eigenvalue weighted by molar-refractivity contribution is -0.276. The summed E-state index contributed by atoms with van der Waals surface area (Å²) in [4.78, 5) is 13.6. The lowest BCUT2D eigenvalue weighted by Gasteiger charge is -2.13. The quantitative estimate of drug-likeness (QED) is 0.484. The molecule has 3 nitrogen and oxygen atoms in total. The Morgan fingerprint density at radius 2 is 2.06 bits per heavy atom. The minimum Gasteiger partial charge on any atom is -0.387 e. The van der Waals surface area contributed by atoms with Gasteiger partial charge in [-0.2, -0.15) is 0 Å². The van der Waals surface area contributed by atoms with E-state index in [1.807, 2.05) is 0 Å². The summed E-state index contributed by atoms with van der Waals surface area (Å²) < 4.78 is 64.3. The van der Waals surface area contributed by atoms with Gasteiger partial charge in [0.2, 0.25) is 5.88 Å². The molecule has 0 amide bonds. The van der Waals surface area contributed by atoms with Gasteiger partial charge in [-0.3, -0.25) is 4.79 Å². The van der Waals surface area contributed by atoms with E-state index in [4.69, 9.17) is 11.6 Å². The Kier molecular flexibility index (Phi) is 4.44. The van der Waals surface area contributed by atoms with E-state index >= 15 is 0 Å². The maximum atomic E-state index is 12.4. The lowest BCUT2D eigenvalue weighted by Crippen LogP contribution is -2.20. The maximum absolute atomic E-state index is 12.4. The first-order valence-corrected chi connectivity index (χ1v) is 4.90. The van der Waals surface area contributed by atoms with Crippen LogP contribution in [0.1, 0.15) is 28.0 Å². The molecule has 0 aromatic carbocycles. The van der Waals surface area contributed by atoms with E-state index in [2.05, 4.69) is 9.72 Å². The molecule has 0 aliphatic carbocycles. The standard InChI is InChI=1S/C9H5ClF5NO2/c10-2-4-1-6(7(11)12)16-8(5(4)3-17)18-9(13,14)15/h1,3,7H,2H2. The number of hydrogen-bond acceptors (Lipinski definition) is 3. The number of rotatable bonds is 4. The zero-order chi connectivity index (χ0) is 13.9. The SMILES string of the molecule is O=Cc1c(CCl)cc(C(F)F)nc1OC(F)(F)F. The van der Waals surface area contributed by atoms with Gasteiger partial charge in [0.25, 0.3) is 6.43 Å². The van der Waals surface area contributed by atoms with E-state index < -0.39 is 35.8 Å². The highest BCUT2D eigenvalue weighted by molar-refractivity contribution is 6.17. The summed E-state index contributed by atoms with van der Waals surface area (Å²) >= 11 is 5.36. The molecule has 0 unspecified atom stereocenters. The van der Waals surface area contributed by atoms with Crippen molar-refractivity contribution >= 4 is 17.9 Å². The highest BCUT2D eigenvalue weighted by Gasteiger charge is 2.34. The number of pyridine rings is 1. The van der Waals surface area contributed by atoms with Crippen LogP contribution in [0.4, 0.5) is 22.0 Å². The monoisotopic (exact) mass is 289 g/mol. The number of carbonyl (C=O) groups is 1. The Morgan fingerprint density at radius 1 is 1.44 bits per heavy atom. The molecule has 1 aromatic heterocycles. The van der Waals surface area contributed by atoms with Crippen molar-refractivity contribution in [3.8, 4) is 5.88 Å². The first-order chi connectivity index (χ1) is 8.28. The molecule has 100 valence electrons. The van der Waals surface area contributed by atoms with Gasteiger partial charge >= 0.3 is 6.36 Å². The molecule has 0 radical (unpaired) electrons. The number of aldehydes is 1. The average molecular weight is 290 g/mol. The summed E-state index contributed by atoms with van der Waals surface area (Å²) in [6.07, 6.45) is -8.24. The molecule has 0 bridgehead atoms. The Morgan fingerprint density at radius 3 is 2.44 bits per heavy atom. The van der Waals surface area contributed by atoms with Crippen LogP contribution in [0.3, 0.4) is 0 Å². The molecule has 9 heteroatoms. The Labute approximate surface area is 103 Å². The van der Waals surface area contributed by atoms with Crippen molar-refractivity contribution < 1.29 is 31.5 Å². The van der Waals surface area contributed by atoms with Crippen LogP contribution < -0.4 is 4.74 Å². The molecule has 0 fully saturated rings. The molecule has 0 spiro atoms. The summed E-state index contributed by atoms with van der Waals surface area (Å²) in [6, 6.07) is 0.755. The van der Waals surface area contributed by atoms with E-state index in [9.17, 15) is 26.7 Å². The number of carbonyl (C=O) groups excluding carboxylic acids is 1. The molecule has 0 aliphatic rings. The highest BCUT2D eigenvalue weighted by Crippen LogP contribution is 2.30. The fraction of sp³-hybridized carbons (Fsp3) is 0.333. The van der Waals surface area contributed by atoms with Crippen molar-refractivity contribution in [1.82, 2.24) is 4.98 Å². The normalized spacial score (nSPS) is 11.7. The van der Waals surface area contributed by atoms with Crippen LogP contribution in [0.25, 0.3) is 0 Å². The molecule has 18 heavy (non-hydrogen) atoms. The number of nitrogens with zero attached hydrogens (tertiary/aromatic N) is 1. The van der Waals surface area contributed by atoms with Gasteiger partial charge in [-0.1, -0.05) is 0 Å². The average Bonchev–Trinajstić information content (AvgIpc) is 2.25. The van der Waals surface area contributed by atoms with Crippen LogP contribution in [0.5, 0.6) is 5.88 Å². The van der Waals surface area contributed by atoms with Crippen molar-refractivity contribution in [1.29, 1.82) is 0 Å². The Bertz CT molecular complexity index is 449. The van der Waals surface area contributed by atoms with Gasteiger partial charge in [0.15, 0.2) is 6.29 Å². The van der Waals surface area contributed by atoms with E-state index in [0.29, 0.717) is 0 Å². The van der Waals surface area contributed by atoms with Gasteiger partial charge in [-0.15, -0.1) is 24.8 Å². The van der Waals surface area contributed by atoms with Gasteiger partial charge < -0.3 is 4.74 Å². The molecular formula is C9H5ClF5NO2. The van der Waals surface area contributed by atoms with E-state index in [1.165, 1.54) is 0 Å². The third kappa shape index (κ3) is 3.52. The van der Waals surface area contributed by atoms with Crippen molar-refractivity contribution in [3.05, 3.63) is 22.9 Å². The second kappa shape index (κ2) is 5.47. The van der Waals surface area contributed by atoms with Crippen LogP contribution in [0.15, 0.2) is 6.07 Å². The number of alkyl halides is 6. The smallest absolute Gasteiger partial charge is 0.387 e. The predicted octanol–water partition coefficient (Wildman–Crippen LogP) is 3.47. The third-order valence-electron chi connectivity index (χ3n) is 1.83. The first kappa shape index (κ1) is 14.6. The van der Waals surface area contributed by atoms with Gasteiger partial charge in [0.05, 0.1) is 5.56 Å². The second-order valence-electron chi connectivity index (χ2n) is 3.03. The van der Waals surface area contributed by atoms with Gasteiger partial charge in [0.1, 0.15) is 5.69 Å². The number of hydrogen-bond donors (Lipinski definition) is 0. The summed E-state index contributed by atoms with van der Waals surface area (Å²) in [5, 5.41) is 0. The molecule has 0 N–H and O–H groups in total. The second-order valence-corrected chi connectivity index (χ2v) is 3.29. The van der Waals surface area contributed by atoms with E-state index in [-0.39, 0.29) is 11.8 Å². The molecule has 0 aliphatic heterocycles. The van der Waals surface area contributed by atoms with Crippen molar-refractivity contribution in [2.45, 2.75) is 18.7 Å². The molecular weight excluding hydrogens is 285 g/mol. The Balaban J connectivity index is 3.35.